The van der Waals surface area contributed by atoms with Crippen LogP contribution < -0.4 is 0 Å². The minimum Gasteiger partial charge on any atom is -0.305 e. The van der Waals surface area contributed by atoms with E-state index >= 15 is 0 Å². The van der Waals surface area contributed by atoms with Crippen LogP contribution >= 0.6 is 11.6 Å². The van der Waals surface area contributed by atoms with Crippen LogP contribution in [0.5, 0.6) is 0 Å². The van der Waals surface area contributed by atoms with Crippen molar-refractivity contribution in [3.05, 3.63) is 23.9 Å². The van der Waals surface area contributed by atoms with Gasteiger partial charge in [-0.15, -0.1) is 0 Å². The lowest BCUT2D eigenvalue weighted by Gasteiger charge is -2.09. The van der Waals surface area contributed by atoms with Gasteiger partial charge in [0.05, 0.1) is 5.70 Å². The van der Waals surface area contributed by atoms with Crippen molar-refractivity contribution in [3.63, 3.8) is 0 Å². The van der Waals surface area contributed by atoms with Gasteiger partial charge in [-0.05, 0) is 44.8 Å². The standard InChI is InChI=1S/C16H27ClN2O2S/c1-5-16(19-14(3)17)15(13(2)18)11-9-7-6-8-10-12-22(4,20)21/h5,18H,1,6-12H2,2-4H3/b16-15-,18-13?,19-14?. The molecule has 0 saturated heterocycles. The number of unbranched alkanes of at least 4 members (excludes halogenated alkanes) is 4. The summed E-state index contributed by atoms with van der Waals surface area (Å²) in [4.78, 5) is 4.21. The molecule has 0 aliphatic rings. The smallest absolute Gasteiger partial charge is 0.147 e. The maximum atomic E-state index is 11.0. The second-order valence-corrected chi connectivity index (χ2v) is 8.26. The van der Waals surface area contributed by atoms with Crippen LogP contribution in [0.4, 0.5) is 0 Å². The number of hydrogen-bond acceptors (Lipinski definition) is 4. The van der Waals surface area contributed by atoms with Crippen LogP contribution in [-0.2, 0) is 9.84 Å². The molecule has 0 aliphatic carbocycles. The highest BCUT2D eigenvalue weighted by molar-refractivity contribution is 7.90. The molecule has 0 aromatic heterocycles. The Morgan fingerprint density at radius 3 is 2.18 bits per heavy atom. The number of rotatable bonds is 11. The molecule has 0 aliphatic heterocycles. The van der Waals surface area contributed by atoms with E-state index in [-0.39, 0.29) is 5.75 Å². The average molecular weight is 347 g/mol. The molecule has 0 saturated carbocycles. The quantitative estimate of drug-likeness (QED) is 0.339. The molecule has 1 N–H and O–H groups in total. The summed E-state index contributed by atoms with van der Waals surface area (Å²) in [5.74, 6) is 0.266. The van der Waals surface area contributed by atoms with E-state index < -0.39 is 9.84 Å². The Morgan fingerprint density at radius 1 is 1.18 bits per heavy atom. The summed E-state index contributed by atoms with van der Waals surface area (Å²) < 4.78 is 22.0. The third-order valence-corrected chi connectivity index (χ3v) is 4.29. The van der Waals surface area contributed by atoms with Crippen LogP contribution in [0.25, 0.3) is 0 Å². The van der Waals surface area contributed by atoms with Gasteiger partial charge in [-0.2, -0.15) is 0 Å². The molecule has 0 amide bonds. The summed E-state index contributed by atoms with van der Waals surface area (Å²) in [6.45, 7) is 7.17. The van der Waals surface area contributed by atoms with Crippen LogP contribution in [0, 0.1) is 5.41 Å². The van der Waals surface area contributed by atoms with E-state index in [0.717, 1.165) is 44.1 Å². The minimum atomic E-state index is -2.84. The third-order valence-electron chi connectivity index (χ3n) is 3.17. The van der Waals surface area contributed by atoms with Gasteiger partial charge in [0.1, 0.15) is 15.0 Å². The normalized spacial score (nSPS) is 13.7. The van der Waals surface area contributed by atoms with Gasteiger partial charge in [-0.3, -0.25) is 0 Å². The SMILES string of the molecule is C=C/C(N=C(C)Cl)=C(\CCCCCCCS(C)(=O)=O)C(C)=N. The molecule has 126 valence electrons. The zero-order chi connectivity index (χ0) is 17.2. The summed E-state index contributed by atoms with van der Waals surface area (Å²) in [7, 11) is -2.84. The van der Waals surface area contributed by atoms with Crippen LogP contribution in [0.15, 0.2) is 28.9 Å². The van der Waals surface area contributed by atoms with Gasteiger partial charge >= 0.3 is 0 Å². The Hall–Kier alpha value is -0.940. The van der Waals surface area contributed by atoms with E-state index in [1.165, 1.54) is 6.26 Å². The molecule has 0 aromatic rings. The zero-order valence-electron chi connectivity index (χ0n) is 13.8. The lowest BCUT2D eigenvalue weighted by Crippen LogP contribution is -2.02. The highest BCUT2D eigenvalue weighted by Gasteiger charge is 2.07. The predicted octanol–water partition coefficient (Wildman–Crippen LogP) is 4.51. The number of sulfone groups is 1. The fourth-order valence-electron chi connectivity index (χ4n) is 2.11. The Labute approximate surface area is 139 Å². The van der Waals surface area contributed by atoms with Crippen molar-refractivity contribution in [3.8, 4) is 0 Å². The van der Waals surface area contributed by atoms with Crippen molar-refractivity contribution < 1.29 is 8.42 Å². The third kappa shape index (κ3) is 10.7. The largest absolute Gasteiger partial charge is 0.305 e. The Morgan fingerprint density at radius 2 is 1.73 bits per heavy atom. The van der Waals surface area contributed by atoms with Gasteiger partial charge < -0.3 is 5.41 Å². The first-order valence-corrected chi connectivity index (χ1v) is 9.91. The first-order chi connectivity index (χ1) is 10.2. The van der Waals surface area contributed by atoms with Crippen LogP contribution in [0.1, 0.15) is 52.4 Å². The minimum absolute atomic E-state index is 0.266. The van der Waals surface area contributed by atoms with E-state index in [4.69, 9.17) is 17.0 Å². The highest BCUT2D eigenvalue weighted by atomic mass is 35.5. The van der Waals surface area contributed by atoms with Crippen molar-refractivity contribution >= 4 is 32.3 Å². The molecule has 4 nitrogen and oxygen atoms in total. The molecule has 6 heteroatoms. The van der Waals surface area contributed by atoms with Gasteiger partial charge in [-0.1, -0.05) is 37.4 Å². The maximum absolute atomic E-state index is 11.0. The molecule has 0 atom stereocenters. The van der Waals surface area contributed by atoms with Gasteiger partial charge in [0.15, 0.2) is 0 Å². The molecular weight excluding hydrogens is 320 g/mol. The van der Waals surface area contributed by atoms with Gasteiger partial charge in [0, 0.05) is 17.7 Å². The van der Waals surface area contributed by atoms with Crippen molar-refractivity contribution in [2.24, 2.45) is 4.99 Å². The summed E-state index contributed by atoms with van der Waals surface area (Å²) in [6.07, 6.45) is 8.25. The van der Waals surface area contributed by atoms with Gasteiger partial charge in [0.2, 0.25) is 0 Å². The summed E-state index contributed by atoms with van der Waals surface area (Å²) in [5, 5.41) is 8.29. The second-order valence-electron chi connectivity index (χ2n) is 5.45. The van der Waals surface area contributed by atoms with Gasteiger partial charge in [-0.25, -0.2) is 13.4 Å². The number of nitrogens with zero attached hydrogens (tertiary/aromatic N) is 1. The molecule has 22 heavy (non-hydrogen) atoms. The lowest BCUT2D eigenvalue weighted by atomic mass is 10.0. The van der Waals surface area contributed by atoms with Crippen LogP contribution in [0.3, 0.4) is 0 Å². The van der Waals surface area contributed by atoms with Crippen molar-refractivity contribution in [2.45, 2.75) is 52.4 Å². The number of hydrogen-bond donors (Lipinski definition) is 1. The topological polar surface area (TPSA) is 70.3 Å². The van der Waals surface area contributed by atoms with Crippen molar-refractivity contribution in [1.29, 1.82) is 5.41 Å². The first-order valence-electron chi connectivity index (χ1n) is 7.47. The fraction of sp³-hybridized carbons (Fsp3) is 0.625. The predicted molar refractivity (Wildman–Crippen MR) is 97.0 cm³/mol. The molecule has 0 heterocycles. The van der Waals surface area contributed by atoms with E-state index in [0.29, 0.717) is 16.6 Å². The number of nitrogens with one attached hydrogen (secondary N) is 1. The second kappa shape index (κ2) is 10.7. The number of allylic oxidation sites excluding steroid dienone is 2. The maximum Gasteiger partial charge on any atom is 0.147 e. The summed E-state index contributed by atoms with van der Waals surface area (Å²) >= 11 is 5.80. The Bertz CT molecular complexity index is 544. The number of aliphatic imine (C=N–C) groups is 1. The zero-order valence-corrected chi connectivity index (χ0v) is 15.4. The average Bonchev–Trinajstić information content (AvgIpc) is 2.37. The molecule has 0 spiro atoms. The van der Waals surface area contributed by atoms with Gasteiger partial charge in [0.25, 0.3) is 0 Å². The molecule has 0 unspecified atom stereocenters. The monoisotopic (exact) mass is 346 g/mol. The number of halogens is 1. The fourth-order valence-corrected chi connectivity index (χ4v) is 2.93. The highest BCUT2D eigenvalue weighted by Crippen LogP contribution is 2.18. The van der Waals surface area contributed by atoms with E-state index in [1.54, 1.807) is 19.9 Å². The first kappa shape index (κ1) is 21.1. The lowest BCUT2D eigenvalue weighted by molar-refractivity contribution is 0.590. The molecule has 0 bridgehead atoms. The molecule has 0 aromatic carbocycles. The van der Waals surface area contributed by atoms with Crippen molar-refractivity contribution in [1.82, 2.24) is 0 Å². The molecule has 0 radical (unpaired) electrons. The van der Waals surface area contributed by atoms with E-state index in [1.807, 2.05) is 0 Å². The summed E-state index contributed by atoms with van der Waals surface area (Å²) in [5.41, 5.74) is 2.01. The molecule has 0 fully saturated rings. The summed E-state index contributed by atoms with van der Waals surface area (Å²) in [6, 6.07) is 0. The van der Waals surface area contributed by atoms with Crippen molar-refractivity contribution in [2.75, 3.05) is 12.0 Å². The van der Waals surface area contributed by atoms with E-state index in [2.05, 4.69) is 11.6 Å². The van der Waals surface area contributed by atoms with E-state index in [9.17, 15) is 8.42 Å². The molecule has 0 rings (SSSR count). The Kier molecular flexibility index (Phi) is 10.3. The van der Waals surface area contributed by atoms with Crippen LogP contribution in [-0.4, -0.2) is 31.3 Å². The Balaban J connectivity index is 4.34. The molecular formula is C16H27ClN2O2S. The van der Waals surface area contributed by atoms with Crippen LogP contribution in [0.2, 0.25) is 0 Å².